The molecule has 2 N–H and O–H groups in total. The summed E-state index contributed by atoms with van der Waals surface area (Å²) in [6.45, 7) is 7.00. The number of hydrogen-bond acceptors (Lipinski definition) is 1. The van der Waals surface area contributed by atoms with Gasteiger partial charge in [0.2, 0.25) is 0 Å². The van der Waals surface area contributed by atoms with Crippen LogP contribution in [0.2, 0.25) is 0 Å². The Morgan fingerprint density at radius 3 is 2.21 bits per heavy atom. The van der Waals surface area contributed by atoms with E-state index in [1.54, 1.807) is 0 Å². The molecule has 0 bridgehead atoms. The summed E-state index contributed by atoms with van der Waals surface area (Å²) in [7, 11) is 0. The lowest BCUT2D eigenvalue weighted by Gasteiger charge is -2.31. The van der Waals surface area contributed by atoms with Gasteiger partial charge >= 0.3 is 0 Å². The van der Waals surface area contributed by atoms with E-state index in [-0.39, 0.29) is 0 Å². The molecule has 3 unspecified atom stereocenters. The summed E-state index contributed by atoms with van der Waals surface area (Å²) >= 11 is 0. The maximum absolute atomic E-state index is 5.96. The van der Waals surface area contributed by atoms with E-state index in [1.165, 1.54) is 32.1 Å². The van der Waals surface area contributed by atoms with Gasteiger partial charge < -0.3 is 5.73 Å². The largest absolute Gasteiger partial charge is 0.328 e. The van der Waals surface area contributed by atoms with Gasteiger partial charge in [-0.05, 0) is 56.3 Å². The lowest BCUT2D eigenvalue weighted by molar-refractivity contribution is 0.204. The smallest absolute Gasteiger partial charge is 0.00363 e. The van der Waals surface area contributed by atoms with E-state index in [2.05, 4.69) is 20.8 Å². The van der Waals surface area contributed by atoms with Crippen molar-refractivity contribution in [3.8, 4) is 0 Å². The van der Waals surface area contributed by atoms with Crippen molar-refractivity contribution in [2.45, 2.75) is 65.3 Å². The number of nitrogens with two attached hydrogens (primary N) is 1. The molecular weight excluding hydrogens is 170 g/mol. The highest BCUT2D eigenvalue weighted by Crippen LogP contribution is 2.35. The summed E-state index contributed by atoms with van der Waals surface area (Å²) < 4.78 is 0. The SMILES string of the molecule is CCC(N)CCC1CC(C)CC(C)C1. The van der Waals surface area contributed by atoms with Gasteiger partial charge in [0.15, 0.2) is 0 Å². The second-order valence-electron chi connectivity index (χ2n) is 5.53. The molecule has 1 aliphatic rings. The Balaban J connectivity index is 2.23. The van der Waals surface area contributed by atoms with Crippen LogP contribution >= 0.6 is 0 Å². The molecule has 0 aromatic carbocycles. The van der Waals surface area contributed by atoms with Crippen LogP contribution in [0.4, 0.5) is 0 Å². The highest BCUT2D eigenvalue weighted by Gasteiger charge is 2.23. The molecule has 0 heterocycles. The first-order valence-corrected chi connectivity index (χ1v) is 6.37. The van der Waals surface area contributed by atoms with Gasteiger partial charge in [0, 0.05) is 6.04 Å². The van der Waals surface area contributed by atoms with Crippen LogP contribution in [0, 0.1) is 17.8 Å². The average molecular weight is 197 g/mol. The third kappa shape index (κ3) is 4.00. The van der Waals surface area contributed by atoms with Crippen molar-refractivity contribution in [3.05, 3.63) is 0 Å². The molecule has 1 saturated carbocycles. The van der Waals surface area contributed by atoms with Crippen LogP contribution in [0.1, 0.15) is 59.3 Å². The first kappa shape index (κ1) is 12.0. The van der Waals surface area contributed by atoms with Gasteiger partial charge in [-0.1, -0.05) is 20.8 Å². The van der Waals surface area contributed by atoms with Gasteiger partial charge in [0.05, 0.1) is 0 Å². The summed E-state index contributed by atoms with van der Waals surface area (Å²) in [6, 6.07) is 0.447. The van der Waals surface area contributed by atoms with Crippen molar-refractivity contribution in [2.24, 2.45) is 23.5 Å². The molecule has 1 nitrogen and oxygen atoms in total. The van der Waals surface area contributed by atoms with Gasteiger partial charge in [0.1, 0.15) is 0 Å². The fourth-order valence-electron chi connectivity index (χ4n) is 3.00. The summed E-state index contributed by atoms with van der Waals surface area (Å²) in [5.41, 5.74) is 5.96. The molecule has 1 rings (SSSR count). The molecule has 1 aliphatic carbocycles. The fraction of sp³-hybridized carbons (Fsp3) is 1.00. The highest BCUT2D eigenvalue weighted by molar-refractivity contribution is 4.76. The van der Waals surface area contributed by atoms with E-state index in [0.717, 1.165) is 24.2 Å². The van der Waals surface area contributed by atoms with Crippen molar-refractivity contribution < 1.29 is 0 Å². The van der Waals surface area contributed by atoms with Gasteiger partial charge in [-0.15, -0.1) is 0 Å². The third-order valence-electron chi connectivity index (χ3n) is 3.75. The van der Waals surface area contributed by atoms with E-state index < -0.39 is 0 Å². The van der Waals surface area contributed by atoms with Crippen LogP contribution < -0.4 is 5.73 Å². The van der Waals surface area contributed by atoms with Crippen molar-refractivity contribution in [1.29, 1.82) is 0 Å². The predicted molar refractivity (Wildman–Crippen MR) is 63.2 cm³/mol. The maximum atomic E-state index is 5.96. The van der Waals surface area contributed by atoms with Crippen LogP contribution in [0.5, 0.6) is 0 Å². The van der Waals surface area contributed by atoms with E-state index in [1.807, 2.05) is 0 Å². The fourth-order valence-corrected chi connectivity index (χ4v) is 3.00. The van der Waals surface area contributed by atoms with Crippen molar-refractivity contribution in [3.63, 3.8) is 0 Å². The maximum Gasteiger partial charge on any atom is 0.00363 e. The zero-order valence-electron chi connectivity index (χ0n) is 10.1. The molecule has 3 atom stereocenters. The molecule has 0 saturated heterocycles. The lowest BCUT2D eigenvalue weighted by atomic mass is 9.75. The molecule has 0 radical (unpaired) electrons. The van der Waals surface area contributed by atoms with Crippen LogP contribution in [0.15, 0.2) is 0 Å². The lowest BCUT2D eigenvalue weighted by Crippen LogP contribution is -2.23. The molecule has 1 fully saturated rings. The minimum absolute atomic E-state index is 0.447. The second kappa shape index (κ2) is 5.75. The first-order chi connectivity index (χ1) is 6.61. The molecule has 14 heavy (non-hydrogen) atoms. The third-order valence-corrected chi connectivity index (χ3v) is 3.75. The van der Waals surface area contributed by atoms with E-state index in [0.29, 0.717) is 6.04 Å². The Kier molecular flexibility index (Phi) is 4.94. The van der Waals surface area contributed by atoms with Gasteiger partial charge in [0.25, 0.3) is 0 Å². The zero-order chi connectivity index (χ0) is 10.6. The monoisotopic (exact) mass is 197 g/mol. The predicted octanol–water partition coefficient (Wildman–Crippen LogP) is 3.58. The summed E-state index contributed by atoms with van der Waals surface area (Å²) in [5.74, 6) is 2.86. The Hall–Kier alpha value is -0.0400. The topological polar surface area (TPSA) is 26.0 Å². The molecule has 84 valence electrons. The van der Waals surface area contributed by atoms with Crippen molar-refractivity contribution in [1.82, 2.24) is 0 Å². The van der Waals surface area contributed by atoms with Crippen molar-refractivity contribution in [2.75, 3.05) is 0 Å². The molecule has 1 heteroatoms. The quantitative estimate of drug-likeness (QED) is 0.732. The Morgan fingerprint density at radius 1 is 1.14 bits per heavy atom. The van der Waals surface area contributed by atoms with E-state index in [9.17, 15) is 0 Å². The van der Waals surface area contributed by atoms with Gasteiger partial charge in [-0.2, -0.15) is 0 Å². The first-order valence-electron chi connectivity index (χ1n) is 6.37. The standard InChI is InChI=1S/C13H27N/c1-4-13(14)6-5-12-8-10(2)7-11(3)9-12/h10-13H,4-9,14H2,1-3H3. The summed E-state index contributed by atoms with van der Waals surface area (Å²) in [6.07, 6.45) is 8.07. The van der Waals surface area contributed by atoms with Gasteiger partial charge in [-0.3, -0.25) is 0 Å². The molecule has 0 aromatic rings. The second-order valence-corrected chi connectivity index (χ2v) is 5.53. The Morgan fingerprint density at radius 2 is 1.71 bits per heavy atom. The number of hydrogen-bond donors (Lipinski definition) is 1. The van der Waals surface area contributed by atoms with E-state index >= 15 is 0 Å². The summed E-state index contributed by atoms with van der Waals surface area (Å²) in [4.78, 5) is 0. The van der Waals surface area contributed by atoms with Crippen LogP contribution in [0.25, 0.3) is 0 Å². The number of rotatable bonds is 4. The molecule has 0 aliphatic heterocycles. The van der Waals surface area contributed by atoms with E-state index in [4.69, 9.17) is 5.73 Å². The minimum Gasteiger partial charge on any atom is -0.328 e. The molecular formula is C13H27N. The van der Waals surface area contributed by atoms with Gasteiger partial charge in [-0.25, -0.2) is 0 Å². The summed E-state index contributed by atoms with van der Waals surface area (Å²) in [5, 5.41) is 0. The van der Waals surface area contributed by atoms with Crippen LogP contribution in [-0.4, -0.2) is 6.04 Å². The molecule has 0 aromatic heterocycles. The molecule has 0 spiro atoms. The zero-order valence-corrected chi connectivity index (χ0v) is 10.1. The minimum atomic E-state index is 0.447. The van der Waals surface area contributed by atoms with Crippen molar-refractivity contribution >= 4 is 0 Å². The Bertz CT molecular complexity index is 145. The molecule has 0 amide bonds. The Labute approximate surface area is 89.5 Å². The highest BCUT2D eigenvalue weighted by atomic mass is 14.6. The van der Waals surface area contributed by atoms with Crippen LogP contribution in [-0.2, 0) is 0 Å². The van der Waals surface area contributed by atoms with Crippen LogP contribution in [0.3, 0.4) is 0 Å². The normalized spacial score (nSPS) is 35.6. The average Bonchev–Trinajstić information content (AvgIpc) is 2.12.